The first-order valence-electron chi connectivity index (χ1n) is 8.32. The van der Waals surface area contributed by atoms with E-state index in [0.29, 0.717) is 16.1 Å². The summed E-state index contributed by atoms with van der Waals surface area (Å²) < 4.78 is 6.35. The summed E-state index contributed by atoms with van der Waals surface area (Å²) in [5, 5.41) is 0.882. The molecule has 0 aliphatic carbocycles. The summed E-state index contributed by atoms with van der Waals surface area (Å²) >= 11 is 5.51. The SMILES string of the molecule is CCC(CC)OC(=O)c1c(CC(C)C)c(=S)[nH]c2ccccc12. The molecule has 0 unspecified atom stereocenters. The van der Waals surface area contributed by atoms with Gasteiger partial charge in [-0.15, -0.1) is 0 Å². The molecule has 3 nitrogen and oxygen atoms in total. The van der Waals surface area contributed by atoms with Gasteiger partial charge in [0.25, 0.3) is 0 Å². The molecular formula is C19H25NO2S. The first kappa shape index (κ1) is 17.7. The third-order valence-corrected chi connectivity index (χ3v) is 4.37. The van der Waals surface area contributed by atoms with Crippen LogP contribution in [0.3, 0.4) is 0 Å². The second kappa shape index (κ2) is 7.73. The summed E-state index contributed by atoms with van der Waals surface area (Å²) in [6.45, 7) is 8.32. The lowest BCUT2D eigenvalue weighted by atomic mass is 9.96. The Bertz CT molecular complexity index is 745. The lowest BCUT2D eigenvalue weighted by Crippen LogP contribution is -2.19. The Morgan fingerprint density at radius 3 is 2.48 bits per heavy atom. The van der Waals surface area contributed by atoms with Crippen LogP contribution in [0.1, 0.15) is 56.5 Å². The van der Waals surface area contributed by atoms with Gasteiger partial charge in [0.15, 0.2) is 0 Å². The Hall–Kier alpha value is -1.68. The lowest BCUT2D eigenvalue weighted by molar-refractivity contribution is 0.0285. The van der Waals surface area contributed by atoms with Crippen LogP contribution in [-0.4, -0.2) is 17.1 Å². The number of rotatable bonds is 6. The van der Waals surface area contributed by atoms with E-state index in [-0.39, 0.29) is 12.1 Å². The Morgan fingerprint density at radius 1 is 1.22 bits per heavy atom. The number of ether oxygens (including phenoxy) is 1. The summed E-state index contributed by atoms with van der Waals surface area (Å²) in [4.78, 5) is 16.1. The minimum atomic E-state index is -0.259. The van der Waals surface area contributed by atoms with Crippen molar-refractivity contribution >= 4 is 29.1 Å². The van der Waals surface area contributed by atoms with Gasteiger partial charge >= 0.3 is 5.97 Å². The van der Waals surface area contributed by atoms with Gasteiger partial charge in [0, 0.05) is 16.5 Å². The number of carbonyl (C=O) groups is 1. The molecule has 1 aromatic heterocycles. The number of H-pyrrole nitrogens is 1. The molecule has 0 saturated heterocycles. The first-order chi connectivity index (χ1) is 11.0. The number of esters is 1. The van der Waals surface area contributed by atoms with E-state index in [9.17, 15) is 4.79 Å². The average molecular weight is 331 g/mol. The van der Waals surface area contributed by atoms with Crippen molar-refractivity contribution in [3.8, 4) is 0 Å². The summed E-state index contributed by atoms with van der Waals surface area (Å²) in [7, 11) is 0. The zero-order valence-electron chi connectivity index (χ0n) is 14.3. The number of para-hydroxylation sites is 1. The number of nitrogens with one attached hydrogen (secondary N) is 1. The molecule has 124 valence electrons. The summed E-state index contributed by atoms with van der Waals surface area (Å²) in [6, 6.07) is 7.77. The summed E-state index contributed by atoms with van der Waals surface area (Å²) in [5.41, 5.74) is 2.40. The van der Waals surface area contributed by atoms with E-state index in [0.717, 1.165) is 35.7 Å². The van der Waals surface area contributed by atoms with Crippen molar-refractivity contribution in [3.63, 3.8) is 0 Å². The van der Waals surface area contributed by atoms with E-state index in [2.05, 4.69) is 18.8 Å². The van der Waals surface area contributed by atoms with E-state index in [1.54, 1.807) is 0 Å². The maximum absolute atomic E-state index is 12.9. The third-order valence-electron chi connectivity index (χ3n) is 4.02. The van der Waals surface area contributed by atoms with Gasteiger partial charge in [0.05, 0.1) is 5.56 Å². The van der Waals surface area contributed by atoms with Gasteiger partial charge in [-0.3, -0.25) is 0 Å². The zero-order valence-corrected chi connectivity index (χ0v) is 15.1. The quantitative estimate of drug-likeness (QED) is 0.566. The molecule has 4 heteroatoms. The maximum atomic E-state index is 12.9. The number of benzene rings is 1. The average Bonchev–Trinajstić information content (AvgIpc) is 2.52. The molecule has 2 aromatic rings. The smallest absolute Gasteiger partial charge is 0.339 e. The number of pyridine rings is 1. The maximum Gasteiger partial charge on any atom is 0.339 e. The van der Waals surface area contributed by atoms with Crippen LogP contribution in [0.15, 0.2) is 24.3 Å². The van der Waals surface area contributed by atoms with Crippen molar-refractivity contribution in [2.45, 2.75) is 53.1 Å². The Balaban J connectivity index is 2.61. The van der Waals surface area contributed by atoms with Gasteiger partial charge < -0.3 is 9.72 Å². The number of aromatic nitrogens is 1. The van der Waals surface area contributed by atoms with Crippen molar-refractivity contribution in [3.05, 3.63) is 40.0 Å². The van der Waals surface area contributed by atoms with Crippen LogP contribution >= 0.6 is 12.2 Å². The first-order valence-corrected chi connectivity index (χ1v) is 8.73. The minimum Gasteiger partial charge on any atom is -0.459 e. The van der Waals surface area contributed by atoms with Crippen molar-refractivity contribution in [1.29, 1.82) is 0 Å². The molecule has 0 amide bonds. The van der Waals surface area contributed by atoms with Crippen LogP contribution in [0, 0.1) is 10.6 Å². The zero-order chi connectivity index (χ0) is 17.0. The molecule has 0 fully saturated rings. The van der Waals surface area contributed by atoms with E-state index in [1.807, 2.05) is 38.1 Å². The molecule has 0 atom stereocenters. The molecule has 2 rings (SSSR count). The van der Waals surface area contributed by atoms with Gasteiger partial charge in [-0.2, -0.15) is 0 Å². The molecule has 1 heterocycles. The van der Waals surface area contributed by atoms with Gasteiger partial charge in [-0.25, -0.2) is 4.79 Å². The molecule has 0 aliphatic heterocycles. The predicted octanol–water partition coefficient (Wildman–Crippen LogP) is 5.44. The lowest BCUT2D eigenvalue weighted by Gasteiger charge is -2.18. The van der Waals surface area contributed by atoms with E-state index < -0.39 is 0 Å². The normalized spacial score (nSPS) is 11.4. The van der Waals surface area contributed by atoms with Crippen LogP contribution in [0.2, 0.25) is 0 Å². The van der Waals surface area contributed by atoms with Crippen molar-refractivity contribution in [2.75, 3.05) is 0 Å². The number of fused-ring (bicyclic) bond motifs is 1. The van der Waals surface area contributed by atoms with Crippen LogP contribution < -0.4 is 0 Å². The van der Waals surface area contributed by atoms with Crippen molar-refractivity contribution in [2.24, 2.45) is 5.92 Å². The highest BCUT2D eigenvalue weighted by atomic mass is 32.1. The monoisotopic (exact) mass is 331 g/mol. The number of aromatic amines is 1. The summed E-state index contributed by atoms with van der Waals surface area (Å²) in [6.07, 6.45) is 2.35. The van der Waals surface area contributed by atoms with Crippen LogP contribution in [-0.2, 0) is 11.2 Å². The molecule has 23 heavy (non-hydrogen) atoms. The third kappa shape index (κ3) is 3.99. The van der Waals surface area contributed by atoms with Gasteiger partial charge in [-0.1, -0.05) is 58.1 Å². The van der Waals surface area contributed by atoms with Crippen LogP contribution in [0.5, 0.6) is 0 Å². The van der Waals surface area contributed by atoms with Gasteiger partial charge in [0.1, 0.15) is 10.7 Å². The second-order valence-electron chi connectivity index (χ2n) is 6.30. The predicted molar refractivity (Wildman–Crippen MR) is 97.5 cm³/mol. The fourth-order valence-electron chi connectivity index (χ4n) is 2.79. The highest BCUT2D eigenvalue weighted by Crippen LogP contribution is 2.25. The molecule has 0 spiro atoms. The fourth-order valence-corrected chi connectivity index (χ4v) is 3.08. The number of hydrogen-bond donors (Lipinski definition) is 1. The molecule has 1 aromatic carbocycles. The second-order valence-corrected chi connectivity index (χ2v) is 6.70. The largest absolute Gasteiger partial charge is 0.459 e. The van der Waals surface area contributed by atoms with Crippen molar-refractivity contribution in [1.82, 2.24) is 4.98 Å². The van der Waals surface area contributed by atoms with E-state index in [1.165, 1.54) is 0 Å². The van der Waals surface area contributed by atoms with Crippen LogP contribution in [0.4, 0.5) is 0 Å². The van der Waals surface area contributed by atoms with E-state index in [4.69, 9.17) is 17.0 Å². The topological polar surface area (TPSA) is 42.1 Å². The summed E-state index contributed by atoms with van der Waals surface area (Å²) in [5.74, 6) is 0.150. The standard InChI is InChI=1S/C19H25NO2S/c1-5-13(6-2)22-19(21)17-14-9-7-8-10-16(14)20-18(23)15(17)11-12(3)4/h7-10,12-13H,5-6,11H2,1-4H3,(H,20,23). The Labute approximate surface area is 143 Å². The minimum absolute atomic E-state index is 0.0501. The van der Waals surface area contributed by atoms with Gasteiger partial charge in [0.2, 0.25) is 0 Å². The van der Waals surface area contributed by atoms with Crippen LogP contribution in [0.25, 0.3) is 10.9 Å². The van der Waals surface area contributed by atoms with Crippen molar-refractivity contribution < 1.29 is 9.53 Å². The molecular weight excluding hydrogens is 306 g/mol. The molecule has 0 saturated carbocycles. The number of carbonyl (C=O) groups excluding carboxylic acids is 1. The molecule has 0 aliphatic rings. The molecule has 1 N–H and O–H groups in total. The van der Waals surface area contributed by atoms with Gasteiger partial charge in [-0.05, 0) is 31.2 Å². The molecule has 0 radical (unpaired) electrons. The highest BCUT2D eigenvalue weighted by Gasteiger charge is 2.21. The number of hydrogen-bond acceptors (Lipinski definition) is 3. The highest BCUT2D eigenvalue weighted by molar-refractivity contribution is 7.71. The fraction of sp³-hybridized carbons (Fsp3) is 0.474. The Morgan fingerprint density at radius 2 is 1.87 bits per heavy atom. The van der Waals surface area contributed by atoms with E-state index >= 15 is 0 Å². The molecule has 0 bridgehead atoms. The Kier molecular flexibility index (Phi) is 5.94.